The van der Waals surface area contributed by atoms with E-state index < -0.39 is 0 Å². The van der Waals surface area contributed by atoms with Gasteiger partial charge in [-0.3, -0.25) is 18.7 Å². The highest BCUT2D eigenvalue weighted by Crippen LogP contribution is 2.45. The topological polar surface area (TPSA) is 94.0 Å². The molecule has 0 saturated heterocycles. The first-order valence-corrected chi connectivity index (χ1v) is 46.2. The average Bonchev–Trinajstić information content (AvgIpc) is 1.52. The second-order valence-corrected chi connectivity index (χ2v) is 35.1. The van der Waals surface area contributed by atoms with Crippen molar-refractivity contribution in [3.05, 3.63) is 480 Å². The number of para-hydroxylation sites is 9. The van der Waals surface area contributed by atoms with Crippen molar-refractivity contribution in [1.82, 2.24) is 52.3 Å². The molecule has 0 aliphatic heterocycles. The van der Waals surface area contributed by atoms with Crippen LogP contribution in [0.25, 0.3) is 253 Å². The highest BCUT2D eigenvalue weighted by atomic mass is 15.2. The summed E-state index contributed by atoms with van der Waals surface area (Å²) >= 11 is 0. The minimum absolute atomic E-state index is 0.628. The van der Waals surface area contributed by atoms with Crippen LogP contribution >= 0.6 is 0 Å². The number of aromatic nitrogens is 11. The fraction of sp³-hybridized carbons (Fsp3) is 0. The highest BCUT2D eigenvalue weighted by Gasteiger charge is 2.25. The predicted molar refractivity (Wildman–Crippen MR) is 566 cm³/mol. The maximum Gasteiger partial charge on any atom is 0.235 e. The molecule has 11 nitrogen and oxygen atoms in total. The lowest BCUT2D eigenvalue weighted by molar-refractivity contribution is 1.01. The number of hydrogen-bond donors (Lipinski definition) is 0. The van der Waals surface area contributed by atoms with E-state index in [2.05, 4.69) is 464 Å². The van der Waals surface area contributed by atoms with Crippen molar-refractivity contribution in [3.8, 4) is 79.0 Å². The summed E-state index contributed by atoms with van der Waals surface area (Å²) in [6, 6.07) is 164. The molecule has 0 spiro atoms. The molecular formula is C125H79N11. The predicted octanol–water partition coefficient (Wildman–Crippen LogP) is 31.9. The average molecular weight is 1740 g/mol. The third-order valence-electron chi connectivity index (χ3n) is 27.4. The molecule has 10 heterocycles. The summed E-state index contributed by atoms with van der Waals surface area (Å²) in [5.41, 5.74) is 29.8. The summed E-state index contributed by atoms with van der Waals surface area (Å²) in [5, 5.41) is 21.8. The van der Waals surface area contributed by atoms with Crippen LogP contribution in [0.5, 0.6) is 0 Å². The number of fused-ring (bicyclic) bond motifs is 23. The summed E-state index contributed by atoms with van der Waals surface area (Å²) in [7, 11) is 0. The lowest BCUT2D eigenvalue weighted by Crippen LogP contribution is -2.03. The number of pyridine rings is 3. The van der Waals surface area contributed by atoms with Gasteiger partial charge in [0.15, 0.2) is 0 Å². The Kier molecular flexibility index (Phi) is 18.1. The fourth-order valence-corrected chi connectivity index (χ4v) is 21.2. The Morgan fingerprint density at radius 1 is 0.162 bits per heavy atom. The Hall–Kier alpha value is -18.5. The zero-order chi connectivity index (χ0) is 89.4. The molecule has 0 aliphatic rings. The van der Waals surface area contributed by atoms with Crippen molar-refractivity contribution in [2.45, 2.75) is 0 Å². The quantitative estimate of drug-likeness (QED) is 0.127. The molecule has 634 valence electrons. The minimum atomic E-state index is 0.628. The van der Waals surface area contributed by atoms with Gasteiger partial charge in [0.2, 0.25) is 5.95 Å². The molecule has 136 heavy (non-hydrogen) atoms. The minimum Gasteiger partial charge on any atom is -0.309 e. The van der Waals surface area contributed by atoms with Crippen LogP contribution < -0.4 is 0 Å². The number of rotatable bonds is 10. The van der Waals surface area contributed by atoms with Gasteiger partial charge in [-0.2, -0.15) is 0 Å². The molecule has 11 heteroatoms. The van der Waals surface area contributed by atoms with Crippen molar-refractivity contribution >= 4 is 174 Å². The summed E-state index contributed by atoms with van der Waals surface area (Å²) in [5.74, 6) is 0.628. The van der Waals surface area contributed by atoms with Crippen LogP contribution in [-0.4, -0.2) is 52.3 Å². The standard InChI is InChI=1S/C43H27N5.C43H27N3.C39H25N3/c1-3-12-28(13-4-1)41-33-17-7-9-18-36(33)45-43(46-41)48-39-24-22-30(27-35(39)42-40(48)20-11-25-44-42)29-21-23-38-34(26-29)32-16-8-10-19-37(32)47(38)31-14-5-2-6-15-31;1-2-11-32(12-3-1)46-41-17-9-7-15-37(41)39-26-31(27-44-43(39)46)29-20-23-42-38(25-29)36-14-6-8-16-40(36)45(42)33-21-22-35-30(24-33)19-18-28-10-4-5-13-34(28)35;1-2-12-30(13-3-1)42-37-17-9-7-15-33(37)35-24-29(25-40-39(35)42)28-19-21-38-34(23-28)32-14-6-8-16-36(32)41(38)31-20-18-26-10-4-5-11-27(26)22-31/h1-27H;1-27H;1-25H. The van der Waals surface area contributed by atoms with E-state index in [0.29, 0.717) is 5.95 Å². The van der Waals surface area contributed by atoms with Gasteiger partial charge in [-0.1, -0.05) is 291 Å². The van der Waals surface area contributed by atoms with Gasteiger partial charge in [-0.25, -0.2) is 19.9 Å². The van der Waals surface area contributed by atoms with Crippen LogP contribution in [0.1, 0.15) is 0 Å². The summed E-state index contributed by atoms with van der Waals surface area (Å²) < 4.78 is 13.8. The van der Waals surface area contributed by atoms with E-state index in [1.165, 1.54) is 120 Å². The third-order valence-corrected chi connectivity index (χ3v) is 27.4. The van der Waals surface area contributed by atoms with Crippen LogP contribution in [0, 0.1) is 0 Å². The highest BCUT2D eigenvalue weighted by molar-refractivity contribution is 6.17. The van der Waals surface area contributed by atoms with Crippen LogP contribution in [-0.2, 0) is 0 Å². The molecule has 0 saturated carbocycles. The van der Waals surface area contributed by atoms with E-state index >= 15 is 0 Å². The monoisotopic (exact) mass is 1730 g/mol. The third kappa shape index (κ3) is 12.7. The lowest BCUT2D eigenvalue weighted by atomic mass is 10.0. The molecule has 0 radical (unpaired) electrons. The molecule has 0 aliphatic carbocycles. The zero-order valence-electron chi connectivity index (χ0n) is 73.5. The Morgan fingerprint density at radius 2 is 0.507 bits per heavy atom. The van der Waals surface area contributed by atoms with E-state index in [9.17, 15) is 0 Å². The van der Waals surface area contributed by atoms with Crippen LogP contribution in [0.4, 0.5) is 0 Å². The first-order valence-electron chi connectivity index (χ1n) is 46.2. The van der Waals surface area contributed by atoms with Gasteiger partial charge in [-0.05, 0) is 224 Å². The molecule has 0 unspecified atom stereocenters. The molecular weight excluding hydrogens is 1660 g/mol. The van der Waals surface area contributed by atoms with Gasteiger partial charge in [0.25, 0.3) is 0 Å². The Labute approximate surface area is 780 Å². The van der Waals surface area contributed by atoms with Crippen molar-refractivity contribution in [3.63, 3.8) is 0 Å². The smallest absolute Gasteiger partial charge is 0.235 e. The lowest BCUT2D eigenvalue weighted by Gasteiger charge is -2.11. The van der Waals surface area contributed by atoms with Gasteiger partial charge < -0.3 is 13.7 Å². The Morgan fingerprint density at radius 3 is 1.03 bits per heavy atom. The van der Waals surface area contributed by atoms with Gasteiger partial charge >= 0.3 is 0 Å². The largest absolute Gasteiger partial charge is 0.309 e. The molecule has 29 rings (SSSR count). The van der Waals surface area contributed by atoms with E-state index in [0.717, 1.165) is 128 Å². The number of hydrogen-bond acceptors (Lipinski definition) is 5. The van der Waals surface area contributed by atoms with Crippen LogP contribution in [0.15, 0.2) is 480 Å². The van der Waals surface area contributed by atoms with Gasteiger partial charge in [0.05, 0.1) is 71.9 Å². The second-order valence-electron chi connectivity index (χ2n) is 35.1. The number of benzene rings is 19. The van der Waals surface area contributed by atoms with E-state index in [1.54, 1.807) is 0 Å². The second kappa shape index (κ2) is 31.7. The van der Waals surface area contributed by atoms with Gasteiger partial charge in [-0.15, -0.1) is 0 Å². The molecule has 0 bridgehead atoms. The molecule has 0 amide bonds. The molecule has 0 atom stereocenters. The number of nitrogens with zero attached hydrogens (tertiary/aromatic N) is 11. The fourth-order valence-electron chi connectivity index (χ4n) is 21.2. The van der Waals surface area contributed by atoms with Gasteiger partial charge in [0, 0.05) is 128 Å². The van der Waals surface area contributed by atoms with E-state index in [4.69, 9.17) is 24.9 Å². The van der Waals surface area contributed by atoms with Crippen molar-refractivity contribution in [2.24, 2.45) is 0 Å². The SMILES string of the molecule is c1ccc(-c2nc(-n3c4ccc(-c5ccc6c(c5)c5ccccc5n6-c5ccccc5)cc4c4ncccc43)nc3ccccc23)cc1.c1ccc(-n2c3ccccc3c3cc(-c4ccc5c(c4)c4ccccc4n5-c4ccc5c(ccc6ccccc65)c4)cnc32)cc1.c1ccc(-n2c3ccccc3c3cc(-c4ccc5c(c4)c4ccccc4n5-c4ccc5ccccc5c4)cnc32)cc1. The molecule has 19 aromatic carbocycles. The van der Waals surface area contributed by atoms with Gasteiger partial charge in [0.1, 0.15) is 11.3 Å². The van der Waals surface area contributed by atoms with Crippen LogP contribution in [0.2, 0.25) is 0 Å². The molecule has 0 fully saturated rings. The van der Waals surface area contributed by atoms with Crippen LogP contribution in [0.3, 0.4) is 0 Å². The molecule has 29 aromatic rings. The molecule has 0 N–H and O–H groups in total. The first kappa shape index (κ1) is 77.5. The summed E-state index contributed by atoms with van der Waals surface area (Å²) in [6.45, 7) is 0. The summed E-state index contributed by atoms with van der Waals surface area (Å²) in [6.07, 6.45) is 5.90. The van der Waals surface area contributed by atoms with Crippen molar-refractivity contribution in [1.29, 1.82) is 0 Å². The first-order chi connectivity index (χ1) is 67.5. The Balaban J connectivity index is 0.000000104. The maximum absolute atomic E-state index is 5.21. The normalized spacial score (nSPS) is 11.8. The van der Waals surface area contributed by atoms with Crippen molar-refractivity contribution < 1.29 is 0 Å². The van der Waals surface area contributed by atoms with E-state index in [1.807, 2.05) is 42.9 Å². The zero-order valence-corrected chi connectivity index (χ0v) is 73.5. The maximum atomic E-state index is 5.21. The summed E-state index contributed by atoms with van der Waals surface area (Å²) in [4.78, 5) is 25.3. The van der Waals surface area contributed by atoms with E-state index in [-0.39, 0.29) is 0 Å². The Bertz CT molecular complexity index is 9890. The molecule has 10 aromatic heterocycles. The van der Waals surface area contributed by atoms with Crippen molar-refractivity contribution in [2.75, 3.05) is 0 Å².